The van der Waals surface area contributed by atoms with Crippen molar-refractivity contribution in [2.75, 3.05) is 6.54 Å². The van der Waals surface area contributed by atoms with E-state index >= 15 is 0 Å². The van der Waals surface area contributed by atoms with Crippen LogP contribution in [0.25, 0.3) is 0 Å². The van der Waals surface area contributed by atoms with Gasteiger partial charge in [0.25, 0.3) is 0 Å². The summed E-state index contributed by atoms with van der Waals surface area (Å²) in [7, 11) is -1.89. The lowest BCUT2D eigenvalue weighted by Crippen LogP contribution is -2.26. The average molecular weight is 303 g/mol. The van der Waals surface area contributed by atoms with E-state index in [9.17, 15) is 8.42 Å². The second kappa shape index (κ2) is 5.59. The van der Waals surface area contributed by atoms with E-state index in [1.807, 2.05) is 0 Å². The number of sulfonamides is 1. The number of aromatic nitrogens is 5. The van der Waals surface area contributed by atoms with Crippen molar-refractivity contribution in [3.05, 3.63) is 29.8 Å². The van der Waals surface area contributed by atoms with Crippen molar-refractivity contribution in [3.63, 3.8) is 0 Å². The van der Waals surface area contributed by atoms with Crippen LogP contribution in [-0.2, 0) is 23.5 Å². The minimum absolute atomic E-state index is 0.00312. The molecule has 0 saturated carbocycles. The second-order valence-electron chi connectivity index (χ2n) is 3.67. The van der Waals surface area contributed by atoms with Crippen molar-refractivity contribution in [2.24, 2.45) is 7.05 Å². The summed E-state index contributed by atoms with van der Waals surface area (Å²) in [6.07, 6.45) is 4.25. The van der Waals surface area contributed by atoms with Gasteiger partial charge in [-0.2, -0.15) is 5.10 Å². The average Bonchev–Trinajstić information content (AvgIpc) is 2.75. The largest absolute Gasteiger partial charge is 0.256 e. The minimum atomic E-state index is -3.64. The highest BCUT2D eigenvalue weighted by Crippen LogP contribution is 2.07. The smallest absolute Gasteiger partial charge is 0.243 e. The van der Waals surface area contributed by atoms with Gasteiger partial charge in [0.1, 0.15) is 11.2 Å². The molecule has 0 fully saturated rings. The van der Waals surface area contributed by atoms with Crippen LogP contribution in [0.1, 0.15) is 5.82 Å². The Labute approximate surface area is 114 Å². The molecule has 0 atom stereocenters. The van der Waals surface area contributed by atoms with Gasteiger partial charge in [-0.3, -0.25) is 4.68 Å². The molecule has 0 saturated heterocycles. The highest BCUT2D eigenvalue weighted by atomic mass is 35.5. The first-order valence-corrected chi connectivity index (χ1v) is 7.15. The van der Waals surface area contributed by atoms with Gasteiger partial charge in [0.2, 0.25) is 15.3 Å². The molecular weight excluding hydrogens is 292 g/mol. The Hall–Kier alpha value is -1.58. The summed E-state index contributed by atoms with van der Waals surface area (Å²) in [4.78, 5) is 11.2. The predicted molar refractivity (Wildman–Crippen MR) is 66.9 cm³/mol. The van der Waals surface area contributed by atoms with Crippen molar-refractivity contribution in [1.82, 2.24) is 29.5 Å². The van der Waals surface area contributed by atoms with E-state index in [2.05, 4.69) is 24.8 Å². The van der Waals surface area contributed by atoms with Crippen molar-refractivity contribution in [3.8, 4) is 0 Å². The van der Waals surface area contributed by atoms with E-state index < -0.39 is 10.0 Å². The maximum absolute atomic E-state index is 11.9. The SMILES string of the molecule is Cn1cnc(CCNS(=O)(=O)c2cnc(Cl)nc2)n1. The van der Waals surface area contributed by atoms with Crippen LogP contribution in [0.15, 0.2) is 23.6 Å². The van der Waals surface area contributed by atoms with E-state index in [1.165, 1.54) is 0 Å². The molecule has 0 aliphatic carbocycles. The van der Waals surface area contributed by atoms with Crippen LogP contribution < -0.4 is 4.72 Å². The van der Waals surface area contributed by atoms with E-state index in [0.717, 1.165) is 12.4 Å². The van der Waals surface area contributed by atoms with Crippen LogP contribution in [0.5, 0.6) is 0 Å². The molecule has 0 aliphatic rings. The molecule has 10 heteroatoms. The van der Waals surface area contributed by atoms with Gasteiger partial charge >= 0.3 is 0 Å². The Morgan fingerprint density at radius 1 is 1.32 bits per heavy atom. The molecule has 0 spiro atoms. The first kappa shape index (κ1) is 13.8. The lowest BCUT2D eigenvalue weighted by atomic mass is 10.4. The number of hydrogen-bond donors (Lipinski definition) is 1. The monoisotopic (exact) mass is 302 g/mol. The standard InChI is InChI=1S/C9H11ClN6O2S/c1-16-6-13-8(15-16)2-3-14-19(17,18)7-4-11-9(10)12-5-7/h4-6,14H,2-3H2,1H3. The number of nitrogens with zero attached hydrogens (tertiary/aromatic N) is 5. The molecule has 2 aromatic heterocycles. The third kappa shape index (κ3) is 3.69. The van der Waals surface area contributed by atoms with Gasteiger partial charge in [-0.1, -0.05) is 0 Å². The quantitative estimate of drug-likeness (QED) is 0.766. The molecule has 19 heavy (non-hydrogen) atoms. The van der Waals surface area contributed by atoms with Gasteiger partial charge in [-0.05, 0) is 11.6 Å². The van der Waals surface area contributed by atoms with Gasteiger partial charge < -0.3 is 0 Å². The molecule has 0 radical (unpaired) electrons. The Balaban J connectivity index is 1.96. The number of hydrogen-bond acceptors (Lipinski definition) is 6. The molecule has 0 amide bonds. The molecule has 0 bridgehead atoms. The number of rotatable bonds is 5. The zero-order valence-electron chi connectivity index (χ0n) is 9.99. The Bertz CT molecular complexity index is 654. The molecule has 0 aliphatic heterocycles. The molecule has 0 aromatic carbocycles. The van der Waals surface area contributed by atoms with Crippen molar-refractivity contribution in [1.29, 1.82) is 0 Å². The predicted octanol–water partition coefficient (Wildman–Crippen LogP) is -0.221. The Kier molecular flexibility index (Phi) is 4.08. The van der Waals surface area contributed by atoms with Crippen LogP contribution >= 0.6 is 11.6 Å². The summed E-state index contributed by atoms with van der Waals surface area (Å²) in [5.74, 6) is 0.567. The highest BCUT2D eigenvalue weighted by Gasteiger charge is 2.14. The number of nitrogens with one attached hydrogen (secondary N) is 1. The normalized spacial score (nSPS) is 11.7. The third-order valence-electron chi connectivity index (χ3n) is 2.19. The molecule has 2 rings (SSSR count). The van der Waals surface area contributed by atoms with Crippen LogP contribution in [0.2, 0.25) is 5.28 Å². The molecule has 1 N–H and O–H groups in total. The second-order valence-corrected chi connectivity index (χ2v) is 5.78. The number of halogens is 1. The minimum Gasteiger partial charge on any atom is -0.256 e. The summed E-state index contributed by atoms with van der Waals surface area (Å²) in [6.45, 7) is 0.189. The fourth-order valence-corrected chi connectivity index (χ4v) is 2.34. The fraction of sp³-hybridized carbons (Fsp3) is 0.333. The lowest BCUT2D eigenvalue weighted by molar-refractivity contribution is 0.579. The zero-order chi connectivity index (χ0) is 13.9. The van der Waals surface area contributed by atoms with Gasteiger partial charge in [0.05, 0.1) is 12.4 Å². The van der Waals surface area contributed by atoms with E-state index in [0.29, 0.717) is 12.2 Å². The Morgan fingerprint density at radius 3 is 2.58 bits per heavy atom. The van der Waals surface area contributed by atoms with Crippen LogP contribution in [-0.4, -0.2) is 39.7 Å². The first-order valence-electron chi connectivity index (χ1n) is 5.29. The van der Waals surface area contributed by atoms with E-state index in [4.69, 9.17) is 11.6 Å². The molecule has 102 valence electrons. The van der Waals surface area contributed by atoms with Gasteiger partial charge in [0.15, 0.2) is 5.82 Å². The summed E-state index contributed by atoms with van der Waals surface area (Å²) >= 11 is 5.49. The van der Waals surface area contributed by atoms with Gasteiger partial charge in [-0.15, -0.1) is 0 Å². The maximum Gasteiger partial charge on any atom is 0.243 e. The van der Waals surface area contributed by atoms with E-state index in [-0.39, 0.29) is 16.7 Å². The first-order chi connectivity index (χ1) is 8.97. The fourth-order valence-electron chi connectivity index (χ4n) is 1.32. The van der Waals surface area contributed by atoms with Gasteiger partial charge in [0, 0.05) is 20.0 Å². The molecular formula is C9H11ClN6O2S. The van der Waals surface area contributed by atoms with Crippen molar-refractivity contribution < 1.29 is 8.42 Å². The summed E-state index contributed by atoms with van der Waals surface area (Å²) in [5.41, 5.74) is 0. The molecule has 2 heterocycles. The van der Waals surface area contributed by atoms with Crippen molar-refractivity contribution in [2.45, 2.75) is 11.3 Å². The molecule has 0 unspecified atom stereocenters. The topological polar surface area (TPSA) is 103 Å². The summed E-state index contributed by atoms with van der Waals surface area (Å²) in [6, 6.07) is 0. The van der Waals surface area contributed by atoms with Crippen LogP contribution in [0.4, 0.5) is 0 Å². The third-order valence-corrected chi connectivity index (χ3v) is 3.81. The van der Waals surface area contributed by atoms with Crippen LogP contribution in [0, 0.1) is 0 Å². The lowest BCUT2D eigenvalue weighted by Gasteiger charge is -2.04. The molecule has 8 nitrogen and oxygen atoms in total. The van der Waals surface area contributed by atoms with Crippen molar-refractivity contribution >= 4 is 21.6 Å². The summed E-state index contributed by atoms with van der Waals surface area (Å²) < 4.78 is 27.7. The highest BCUT2D eigenvalue weighted by molar-refractivity contribution is 7.89. The molecule has 2 aromatic rings. The maximum atomic E-state index is 11.9. The van der Waals surface area contributed by atoms with Crippen LogP contribution in [0.3, 0.4) is 0 Å². The number of aryl methyl sites for hydroxylation is 1. The Morgan fingerprint density at radius 2 is 2.00 bits per heavy atom. The zero-order valence-corrected chi connectivity index (χ0v) is 11.6. The summed E-state index contributed by atoms with van der Waals surface area (Å²) in [5, 5.41) is 4.04. The van der Waals surface area contributed by atoms with E-state index in [1.54, 1.807) is 18.1 Å². The van der Waals surface area contributed by atoms with Gasteiger partial charge in [-0.25, -0.2) is 28.1 Å².